The van der Waals surface area contributed by atoms with E-state index in [0.717, 1.165) is 42.8 Å². The fourth-order valence-electron chi connectivity index (χ4n) is 2.79. The second kappa shape index (κ2) is 6.86. The molecule has 1 fully saturated rings. The lowest BCUT2D eigenvalue weighted by Gasteiger charge is -2.17. The molecule has 2 unspecified atom stereocenters. The number of aromatic nitrogens is 2. The minimum atomic E-state index is 0.439. The van der Waals surface area contributed by atoms with E-state index in [1.807, 2.05) is 6.92 Å². The van der Waals surface area contributed by atoms with Gasteiger partial charge in [0.2, 0.25) is 0 Å². The summed E-state index contributed by atoms with van der Waals surface area (Å²) in [4.78, 5) is 0. The van der Waals surface area contributed by atoms with Gasteiger partial charge in [-0.25, -0.2) is 0 Å². The molecule has 1 aromatic heterocycles. The van der Waals surface area contributed by atoms with Gasteiger partial charge in [-0.2, -0.15) is 5.10 Å². The Balaban J connectivity index is 1.89. The van der Waals surface area contributed by atoms with Crippen LogP contribution in [-0.2, 0) is 17.8 Å². The molecule has 1 aliphatic rings. The fraction of sp³-hybridized carbons (Fsp3) is 0.786. The van der Waals surface area contributed by atoms with Crippen LogP contribution in [0, 0.1) is 12.8 Å². The molecule has 1 saturated heterocycles. The highest BCUT2D eigenvalue weighted by atomic mass is 79.9. The van der Waals surface area contributed by atoms with Gasteiger partial charge in [0.25, 0.3) is 0 Å². The molecule has 5 heteroatoms. The summed E-state index contributed by atoms with van der Waals surface area (Å²) in [5.74, 6) is 0.655. The Morgan fingerprint density at radius 3 is 2.95 bits per heavy atom. The van der Waals surface area contributed by atoms with Gasteiger partial charge in [0.1, 0.15) is 0 Å². The van der Waals surface area contributed by atoms with Crippen LogP contribution in [0.2, 0.25) is 0 Å². The molecule has 0 radical (unpaired) electrons. The summed E-state index contributed by atoms with van der Waals surface area (Å²) in [5, 5.41) is 8.08. The summed E-state index contributed by atoms with van der Waals surface area (Å²) < 4.78 is 8.92. The van der Waals surface area contributed by atoms with Crippen molar-refractivity contribution in [2.75, 3.05) is 13.2 Å². The van der Waals surface area contributed by atoms with Crippen LogP contribution in [0.4, 0.5) is 0 Å². The maximum Gasteiger partial charge on any atom is 0.0739 e. The molecule has 1 N–H and O–H groups in total. The van der Waals surface area contributed by atoms with E-state index >= 15 is 0 Å². The van der Waals surface area contributed by atoms with E-state index in [1.54, 1.807) is 0 Å². The van der Waals surface area contributed by atoms with Gasteiger partial charge < -0.3 is 10.1 Å². The number of ether oxygens (including phenoxy) is 1. The summed E-state index contributed by atoms with van der Waals surface area (Å²) >= 11 is 3.63. The van der Waals surface area contributed by atoms with E-state index in [2.05, 4.69) is 44.9 Å². The summed E-state index contributed by atoms with van der Waals surface area (Å²) in [6.07, 6.45) is 2.73. The number of rotatable bonds is 6. The summed E-state index contributed by atoms with van der Waals surface area (Å²) in [6, 6.07) is 0. The molecule has 4 nitrogen and oxygen atoms in total. The van der Waals surface area contributed by atoms with Gasteiger partial charge in [-0.05, 0) is 48.5 Å². The highest BCUT2D eigenvalue weighted by Gasteiger charge is 2.26. The molecular weight excluding hydrogens is 306 g/mol. The zero-order valence-corrected chi connectivity index (χ0v) is 13.7. The maximum atomic E-state index is 5.72. The predicted molar refractivity (Wildman–Crippen MR) is 80.2 cm³/mol. The smallest absolute Gasteiger partial charge is 0.0739 e. The van der Waals surface area contributed by atoms with Crippen molar-refractivity contribution >= 4 is 15.9 Å². The van der Waals surface area contributed by atoms with Crippen molar-refractivity contribution < 1.29 is 4.74 Å². The molecule has 1 aromatic rings. The van der Waals surface area contributed by atoms with E-state index in [4.69, 9.17) is 4.74 Å². The lowest BCUT2D eigenvalue weighted by atomic mass is 10.00. The van der Waals surface area contributed by atoms with Gasteiger partial charge in [0.15, 0.2) is 0 Å². The third kappa shape index (κ3) is 3.38. The minimum Gasteiger partial charge on any atom is -0.378 e. The first-order valence-corrected chi connectivity index (χ1v) is 8.00. The van der Waals surface area contributed by atoms with Crippen molar-refractivity contribution in [2.45, 2.75) is 52.8 Å². The lowest BCUT2D eigenvalue weighted by molar-refractivity contribution is 0.0872. The number of halogens is 1. The molecule has 0 saturated carbocycles. The van der Waals surface area contributed by atoms with Gasteiger partial charge in [-0.3, -0.25) is 4.68 Å². The van der Waals surface area contributed by atoms with Crippen LogP contribution >= 0.6 is 15.9 Å². The Bertz CT molecular complexity index is 419. The molecule has 0 bridgehead atoms. The topological polar surface area (TPSA) is 39.1 Å². The lowest BCUT2D eigenvalue weighted by Crippen LogP contribution is -2.28. The number of aryl methyl sites for hydroxylation is 2. The monoisotopic (exact) mass is 329 g/mol. The van der Waals surface area contributed by atoms with Crippen molar-refractivity contribution in [2.24, 2.45) is 5.92 Å². The second-order valence-corrected chi connectivity index (χ2v) is 5.95. The van der Waals surface area contributed by atoms with Crippen LogP contribution in [0.5, 0.6) is 0 Å². The van der Waals surface area contributed by atoms with Gasteiger partial charge in [0, 0.05) is 26.2 Å². The first-order valence-electron chi connectivity index (χ1n) is 7.21. The third-order valence-corrected chi connectivity index (χ3v) is 4.93. The molecule has 2 heterocycles. The molecule has 1 aliphatic heterocycles. The summed E-state index contributed by atoms with van der Waals surface area (Å²) in [7, 11) is 0. The fourth-order valence-corrected chi connectivity index (χ4v) is 3.22. The first-order chi connectivity index (χ1) is 9.17. The van der Waals surface area contributed by atoms with Crippen LogP contribution in [-0.4, -0.2) is 29.0 Å². The number of hydrogen-bond acceptors (Lipinski definition) is 3. The van der Waals surface area contributed by atoms with E-state index in [9.17, 15) is 0 Å². The van der Waals surface area contributed by atoms with E-state index < -0.39 is 0 Å². The van der Waals surface area contributed by atoms with Crippen LogP contribution in [0.1, 0.15) is 38.1 Å². The Morgan fingerprint density at radius 2 is 2.26 bits per heavy atom. The predicted octanol–water partition coefficient (Wildman–Crippen LogP) is 2.88. The quantitative estimate of drug-likeness (QED) is 0.872. The maximum absolute atomic E-state index is 5.72. The zero-order valence-electron chi connectivity index (χ0n) is 12.1. The van der Waals surface area contributed by atoms with Crippen molar-refractivity contribution in [3.05, 3.63) is 15.9 Å². The average Bonchev–Trinajstić information content (AvgIpc) is 2.97. The molecule has 0 aliphatic carbocycles. The number of nitrogens with zero attached hydrogens (tertiary/aromatic N) is 2. The first kappa shape index (κ1) is 15.0. The summed E-state index contributed by atoms with van der Waals surface area (Å²) in [5.41, 5.74) is 2.31. The van der Waals surface area contributed by atoms with Crippen LogP contribution in [0.15, 0.2) is 4.47 Å². The largest absolute Gasteiger partial charge is 0.378 e. The summed E-state index contributed by atoms with van der Waals surface area (Å²) in [6.45, 7) is 10.1. The van der Waals surface area contributed by atoms with Crippen molar-refractivity contribution in [1.29, 1.82) is 0 Å². The Kier molecular flexibility index (Phi) is 5.42. The SMILES string of the molecule is CCC1OCCC1CNCc1c(Br)c(C)nn1CC. The molecular formula is C14H24BrN3O. The highest BCUT2D eigenvalue weighted by Crippen LogP contribution is 2.24. The molecule has 0 amide bonds. The van der Waals surface area contributed by atoms with Gasteiger partial charge in [-0.15, -0.1) is 0 Å². The zero-order chi connectivity index (χ0) is 13.8. The second-order valence-electron chi connectivity index (χ2n) is 5.16. The normalized spacial score (nSPS) is 23.2. The molecule has 19 heavy (non-hydrogen) atoms. The Hall–Kier alpha value is -0.390. The highest BCUT2D eigenvalue weighted by molar-refractivity contribution is 9.10. The minimum absolute atomic E-state index is 0.439. The third-order valence-electron chi connectivity index (χ3n) is 3.90. The van der Waals surface area contributed by atoms with Crippen molar-refractivity contribution in [3.63, 3.8) is 0 Å². The van der Waals surface area contributed by atoms with E-state index in [0.29, 0.717) is 12.0 Å². The van der Waals surface area contributed by atoms with Gasteiger partial charge in [0.05, 0.1) is 22.0 Å². The molecule has 2 atom stereocenters. The van der Waals surface area contributed by atoms with Crippen molar-refractivity contribution in [1.82, 2.24) is 15.1 Å². The van der Waals surface area contributed by atoms with Crippen molar-refractivity contribution in [3.8, 4) is 0 Å². The van der Waals surface area contributed by atoms with Gasteiger partial charge >= 0.3 is 0 Å². The average molecular weight is 330 g/mol. The number of nitrogens with one attached hydrogen (secondary N) is 1. The van der Waals surface area contributed by atoms with Crippen LogP contribution in [0.3, 0.4) is 0 Å². The molecule has 0 spiro atoms. The Labute approximate surface area is 124 Å². The molecule has 2 rings (SSSR count). The standard InChI is InChI=1S/C14H24BrN3O/c1-4-13-11(6-7-19-13)8-16-9-12-14(15)10(3)17-18(12)5-2/h11,13,16H,4-9H2,1-3H3. The van der Waals surface area contributed by atoms with Crippen LogP contribution in [0.25, 0.3) is 0 Å². The van der Waals surface area contributed by atoms with E-state index in [-0.39, 0.29) is 0 Å². The Morgan fingerprint density at radius 1 is 1.47 bits per heavy atom. The van der Waals surface area contributed by atoms with Crippen LogP contribution < -0.4 is 5.32 Å². The van der Waals surface area contributed by atoms with E-state index in [1.165, 1.54) is 12.1 Å². The number of hydrogen-bond donors (Lipinski definition) is 1. The molecule has 108 valence electrons. The molecule has 0 aromatic carbocycles. The van der Waals surface area contributed by atoms with Gasteiger partial charge in [-0.1, -0.05) is 6.92 Å².